The number of benzene rings is 4. The Kier molecular flexibility index (Phi) is 8.81. The number of likely N-dealkylation sites (N-methyl/N-ethyl adjacent to an activating group) is 1. The fraction of sp³-hybridized carbons (Fsp3) is 0.174. The highest BCUT2D eigenvalue weighted by molar-refractivity contribution is 5.89. The van der Waals surface area contributed by atoms with E-state index in [1.807, 2.05) is 60.0 Å². The zero-order valence-corrected chi connectivity index (χ0v) is 32.2. The lowest BCUT2D eigenvalue weighted by molar-refractivity contribution is -0.501. The molecular formula is C46H35F4N8O2+. The van der Waals surface area contributed by atoms with Crippen molar-refractivity contribution in [1.82, 2.24) is 29.4 Å². The largest absolute Gasteiger partial charge is 0.357 e. The Labute approximate surface area is 339 Å². The van der Waals surface area contributed by atoms with Gasteiger partial charge in [-0.15, -0.1) is 0 Å². The highest BCUT2D eigenvalue weighted by atomic mass is 19.1. The van der Waals surface area contributed by atoms with Crippen LogP contribution in [0.4, 0.5) is 23.2 Å². The Balaban J connectivity index is 0.861. The fourth-order valence-corrected chi connectivity index (χ4v) is 8.47. The molecule has 14 heteroatoms. The van der Waals surface area contributed by atoms with Crippen LogP contribution in [0, 0.1) is 29.2 Å². The van der Waals surface area contributed by atoms with Gasteiger partial charge >= 0.3 is 0 Å². The SMILES string of the molecule is CC1=[N+](c2ccc3c(=O)n(Cc4c(F)cc(C5=CC6C(C=C5)N=CN6C)cc4F)cnc3c2)NC2C=C(c3cc(F)c(Cn4cnc5ccccc5c4=O)c(F)c3)C=CC12. The second kappa shape index (κ2) is 14.3. The van der Waals surface area contributed by atoms with E-state index >= 15 is 17.6 Å². The molecule has 10 nitrogen and oxygen atoms in total. The summed E-state index contributed by atoms with van der Waals surface area (Å²) in [6.07, 6.45) is 15.7. The number of halogens is 4. The van der Waals surface area contributed by atoms with Crippen LogP contribution in [0.1, 0.15) is 29.2 Å². The van der Waals surface area contributed by atoms with E-state index in [2.05, 4.69) is 20.4 Å². The lowest BCUT2D eigenvalue weighted by atomic mass is 9.87. The number of aliphatic imine (C=N–C) groups is 1. The summed E-state index contributed by atoms with van der Waals surface area (Å²) in [5, 5.41) is 0.638. The molecule has 0 bridgehead atoms. The number of aromatic nitrogens is 4. The smallest absolute Gasteiger partial charge is 0.261 e. The predicted octanol–water partition coefficient (Wildman–Crippen LogP) is 6.68. The highest BCUT2D eigenvalue weighted by Gasteiger charge is 2.39. The molecule has 2 aromatic heterocycles. The molecule has 4 atom stereocenters. The zero-order chi connectivity index (χ0) is 41.4. The average Bonchev–Trinajstić information content (AvgIpc) is 3.79. The minimum atomic E-state index is -0.780. The molecule has 60 heavy (non-hydrogen) atoms. The molecule has 10 rings (SSSR count). The number of hydrogen-bond acceptors (Lipinski definition) is 7. The molecule has 0 fully saturated rings. The third kappa shape index (κ3) is 6.26. The van der Waals surface area contributed by atoms with Gasteiger partial charge in [0.2, 0.25) is 5.69 Å². The van der Waals surface area contributed by atoms with Gasteiger partial charge in [0.05, 0.1) is 71.9 Å². The summed E-state index contributed by atoms with van der Waals surface area (Å²) in [6.45, 7) is 1.30. The van der Waals surface area contributed by atoms with Crippen LogP contribution in [0.25, 0.3) is 33.0 Å². The number of hydrazone groups is 1. The van der Waals surface area contributed by atoms with Gasteiger partial charge in [-0.25, -0.2) is 27.5 Å². The summed E-state index contributed by atoms with van der Waals surface area (Å²) in [4.78, 5) is 41.7. The van der Waals surface area contributed by atoms with E-state index in [4.69, 9.17) is 0 Å². The molecule has 4 heterocycles. The molecule has 4 aliphatic rings. The summed E-state index contributed by atoms with van der Waals surface area (Å²) < 4.78 is 66.3. The summed E-state index contributed by atoms with van der Waals surface area (Å²) >= 11 is 0. The predicted molar refractivity (Wildman–Crippen MR) is 222 cm³/mol. The van der Waals surface area contributed by atoms with Crippen LogP contribution in [0.5, 0.6) is 0 Å². The van der Waals surface area contributed by atoms with Crippen LogP contribution in [-0.4, -0.2) is 65.9 Å². The van der Waals surface area contributed by atoms with Crippen LogP contribution in [0.3, 0.4) is 0 Å². The third-order valence-electron chi connectivity index (χ3n) is 11.8. The van der Waals surface area contributed by atoms with E-state index < -0.39 is 34.4 Å². The number of hydrazine groups is 1. The normalized spacial score (nSPS) is 20.5. The Bertz CT molecular complexity index is 3100. The molecule has 0 saturated heterocycles. The van der Waals surface area contributed by atoms with Gasteiger partial charge in [-0.1, -0.05) is 47.2 Å². The minimum Gasteiger partial charge on any atom is -0.357 e. The first-order valence-corrected chi connectivity index (χ1v) is 19.4. The van der Waals surface area contributed by atoms with Crippen molar-refractivity contribution in [3.63, 3.8) is 0 Å². The minimum absolute atomic E-state index is 0.0245. The van der Waals surface area contributed by atoms with Gasteiger partial charge < -0.3 is 4.90 Å². The monoisotopic (exact) mass is 807 g/mol. The standard InChI is InChI=1S/C46H35F4N8O2/c1-25-31-10-7-26(28-13-36(47)34(37(48)14-28)20-56-23-52-40-6-4-3-5-32(40)45(56)59)17-43(31)54-58(25)30-9-11-33-42(19-30)53-24-57(46(33)60)21-35-38(49)15-29(16-39(35)50)27-8-12-41-44(18-27)55(2)22-51-41/h3-19,22-24,31,41,43-44,54H,20-21H2,1-2H3/q+1. The Morgan fingerprint density at radius 2 is 1.30 bits per heavy atom. The second-order valence-electron chi connectivity index (χ2n) is 15.4. The number of nitrogens with one attached hydrogen (secondary N) is 1. The van der Waals surface area contributed by atoms with Crippen molar-refractivity contribution in [2.45, 2.75) is 38.1 Å². The maximum atomic E-state index is 15.5. The van der Waals surface area contributed by atoms with Gasteiger partial charge in [0.25, 0.3) is 11.1 Å². The van der Waals surface area contributed by atoms with Crippen molar-refractivity contribution in [2.24, 2.45) is 10.9 Å². The van der Waals surface area contributed by atoms with Crippen molar-refractivity contribution >= 4 is 50.7 Å². The number of allylic oxidation sites excluding steroid dienone is 4. The number of fused-ring (bicyclic) bond motifs is 4. The molecule has 1 N–H and O–H groups in total. The van der Waals surface area contributed by atoms with Crippen molar-refractivity contribution < 1.29 is 22.2 Å². The molecule has 0 amide bonds. The average molecular weight is 808 g/mol. The number of hydrogen-bond donors (Lipinski definition) is 1. The third-order valence-corrected chi connectivity index (χ3v) is 11.8. The highest BCUT2D eigenvalue weighted by Crippen LogP contribution is 2.33. The van der Waals surface area contributed by atoms with Crippen molar-refractivity contribution in [1.29, 1.82) is 0 Å². The topological polar surface area (TPSA) is 100 Å². The molecule has 0 radical (unpaired) electrons. The van der Waals surface area contributed by atoms with E-state index in [0.29, 0.717) is 44.4 Å². The maximum absolute atomic E-state index is 15.5. The van der Waals surface area contributed by atoms with Crippen molar-refractivity contribution in [3.8, 4) is 0 Å². The van der Waals surface area contributed by atoms with Gasteiger partial charge in [-0.2, -0.15) is 5.43 Å². The molecule has 4 unspecified atom stereocenters. The lowest BCUT2D eigenvalue weighted by Gasteiger charge is -2.24. The Hall–Kier alpha value is -7.22. The molecule has 4 aromatic carbocycles. The van der Waals surface area contributed by atoms with Crippen molar-refractivity contribution in [3.05, 3.63) is 182 Å². The summed E-state index contributed by atoms with van der Waals surface area (Å²) in [7, 11) is 1.90. The first kappa shape index (κ1) is 37.1. The van der Waals surface area contributed by atoms with Crippen LogP contribution < -0.4 is 16.5 Å². The zero-order valence-electron chi connectivity index (χ0n) is 32.2. The van der Waals surface area contributed by atoms with E-state index in [1.54, 1.807) is 48.8 Å². The van der Waals surface area contributed by atoms with Gasteiger partial charge in [0, 0.05) is 37.2 Å². The summed E-state index contributed by atoms with van der Waals surface area (Å²) in [5.41, 5.74) is 6.70. The van der Waals surface area contributed by atoms with Gasteiger partial charge in [0.1, 0.15) is 29.3 Å². The lowest BCUT2D eigenvalue weighted by Crippen LogP contribution is -2.32. The van der Waals surface area contributed by atoms with E-state index in [-0.39, 0.29) is 53.6 Å². The van der Waals surface area contributed by atoms with Crippen LogP contribution in [-0.2, 0) is 13.1 Å². The first-order valence-electron chi connectivity index (χ1n) is 19.4. The van der Waals surface area contributed by atoms with Crippen LogP contribution >= 0.6 is 0 Å². The van der Waals surface area contributed by atoms with Crippen LogP contribution in [0.2, 0.25) is 0 Å². The fourth-order valence-electron chi connectivity index (χ4n) is 8.47. The number of para-hydroxylation sites is 1. The quantitative estimate of drug-likeness (QED) is 0.143. The van der Waals surface area contributed by atoms with Gasteiger partial charge in [-0.05, 0) is 70.8 Å². The Morgan fingerprint density at radius 3 is 1.97 bits per heavy atom. The van der Waals surface area contributed by atoms with E-state index in [1.165, 1.54) is 46.1 Å². The van der Waals surface area contributed by atoms with E-state index in [9.17, 15) is 9.59 Å². The van der Waals surface area contributed by atoms with Gasteiger partial charge in [0.15, 0.2) is 5.71 Å². The molecule has 6 aromatic rings. The molecule has 2 aliphatic heterocycles. The first-order chi connectivity index (χ1) is 29.0. The van der Waals surface area contributed by atoms with E-state index in [0.717, 1.165) is 5.71 Å². The number of rotatable bonds is 7. The molecular weight excluding hydrogens is 773 g/mol. The molecule has 298 valence electrons. The van der Waals surface area contributed by atoms with Crippen molar-refractivity contribution in [2.75, 3.05) is 7.05 Å². The number of nitrogens with zero attached hydrogens (tertiary/aromatic N) is 7. The maximum Gasteiger partial charge on any atom is 0.261 e. The summed E-state index contributed by atoms with van der Waals surface area (Å²) in [6, 6.07) is 16.7. The Morgan fingerprint density at radius 1 is 0.717 bits per heavy atom. The second-order valence-corrected chi connectivity index (χ2v) is 15.4. The molecule has 2 aliphatic carbocycles. The van der Waals surface area contributed by atoms with Gasteiger partial charge in [-0.3, -0.25) is 23.7 Å². The summed E-state index contributed by atoms with van der Waals surface area (Å²) in [5.74, 6) is -3.17. The van der Waals surface area contributed by atoms with Crippen LogP contribution in [0.15, 0.2) is 130 Å². The molecule has 0 saturated carbocycles. The molecule has 0 spiro atoms.